The number of nitrogens with zero attached hydrogens (tertiary/aromatic N) is 3. The summed E-state index contributed by atoms with van der Waals surface area (Å²) < 4.78 is 0. The van der Waals surface area contributed by atoms with Gasteiger partial charge in [0, 0.05) is 26.2 Å². The fourth-order valence-electron chi connectivity index (χ4n) is 2.83. The number of likely N-dealkylation sites (N-methyl/N-ethyl adjacent to an activating group) is 1. The summed E-state index contributed by atoms with van der Waals surface area (Å²) in [5.74, 6) is 1.06. The molecule has 0 saturated carbocycles. The first kappa shape index (κ1) is 12.2. The molecule has 0 spiro atoms. The lowest BCUT2D eigenvalue weighted by Crippen LogP contribution is -2.45. The summed E-state index contributed by atoms with van der Waals surface area (Å²) in [5, 5.41) is 4.20. The molecule has 1 atom stereocenters. The molecule has 2 aliphatic heterocycles. The highest BCUT2D eigenvalue weighted by molar-refractivity contribution is 5.64. The van der Waals surface area contributed by atoms with Gasteiger partial charge in [0.15, 0.2) is 0 Å². The van der Waals surface area contributed by atoms with E-state index in [1.165, 1.54) is 12.8 Å². The molecule has 17 heavy (non-hydrogen) atoms. The van der Waals surface area contributed by atoms with Crippen molar-refractivity contribution in [1.82, 2.24) is 14.9 Å². The van der Waals surface area contributed by atoms with Crippen LogP contribution in [0.2, 0.25) is 0 Å². The minimum atomic E-state index is -0.282. The van der Waals surface area contributed by atoms with Crippen molar-refractivity contribution in [3.05, 3.63) is 11.5 Å². The number of carbonyl (C=O) groups is 1. The first-order chi connectivity index (χ1) is 8.24. The average molecular weight is 238 g/mol. The second-order valence-electron chi connectivity index (χ2n) is 4.53. The monoisotopic (exact) mass is 238 g/mol. The predicted molar refractivity (Wildman–Crippen MR) is 66.6 cm³/mol. The summed E-state index contributed by atoms with van der Waals surface area (Å²) in [6.07, 6.45) is 3.38. The van der Waals surface area contributed by atoms with Gasteiger partial charge in [-0.2, -0.15) is 0 Å². The fourth-order valence-corrected chi connectivity index (χ4v) is 2.83. The van der Waals surface area contributed by atoms with Crippen molar-refractivity contribution >= 4 is 6.29 Å². The van der Waals surface area contributed by atoms with E-state index >= 15 is 0 Å². The topological polar surface area (TPSA) is 52.8 Å². The van der Waals surface area contributed by atoms with E-state index in [1.54, 1.807) is 0 Å². The van der Waals surface area contributed by atoms with E-state index in [0.29, 0.717) is 5.70 Å². The van der Waals surface area contributed by atoms with Gasteiger partial charge in [0.1, 0.15) is 18.1 Å². The van der Waals surface area contributed by atoms with Crippen LogP contribution in [-0.4, -0.2) is 53.4 Å². The number of hydrogen-bond acceptors (Lipinski definition) is 5. The third kappa shape index (κ3) is 1.88. The molecule has 5 nitrogen and oxygen atoms in total. The van der Waals surface area contributed by atoms with Crippen LogP contribution >= 0.6 is 0 Å². The predicted octanol–water partition coefficient (Wildman–Crippen LogP) is 0.350. The van der Waals surface area contributed by atoms with Crippen LogP contribution in [0, 0.1) is 0 Å². The maximum atomic E-state index is 11.2. The molecular weight excluding hydrogens is 216 g/mol. The largest absolute Gasteiger partial charge is 0.397 e. The van der Waals surface area contributed by atoms with Gasteiger partial charge < -0.3 is 15.4 Å². The lowest BCUT2D eigenvalue weighted by atomic mass is 10.2. The van der Waals surface area contributed by atoms with Crippen LogP contribution < -0.4 is 5.73 Å². The summed E-state index contributed by atoms with van der Waals surface area (Å²) in [7, 11) is 0. The van der Waals surface area contributed by atoms with Crippen LogP contribution in [0.5, 0.6) is 0 Å². The Balaban J connectivity index is 2.31. The second kappa shape index (κ2) is 4.96. The Morgan fingerprint density at radius 3 is 2.41 bits per heavy atom. The van der Waals surface area contributed by atoms with Crippen molar-refractivity contribution in [3.63, 3.8) is 0 Å². The van der Waals surface area contributed by atoms with Crippen molar-refractivity contribution in [2.75, 3.05) is 26.2 Å². The molecule has 1 fully saturated rings. The maximum absolute atomic E-state index is 11.2. The zero-order valence-corrected chi connectivity index (χ0v) is 10.7. The van der Waals surface area contributed by atoms with E-state index in [0.717, 1.165) is 38.3 Å². The molecule has 0 bridgehead atoms. The molecule has 2 heterocycles. The van der Waals surface area contributed by atoms with Crippen LogP contribution in [0.3, 0.4) is 0 Å². The third-order valence-corrected chi connectivity index (χ3v) is 3.61. The number of carbonyl (C=O) groups excluding carboxylic acids is 1. The van der Waals surface area contributed by atoms with Gasteiger partial charge in [-0.15, -0.1) is 0 Å². The molecule has 2 N–H and O–H groups in total. The Hall–Kier alpha value is -1.23. The van der Waals surface area contributed by atoms with Gasteiger partial charge in [0.25, 0.3) is 0 Å². The summed E-state index contributed by atoms with van der Waals surface area (Å²) in [6, 6.07) is -0.282. The zero-order chi connectivity index (χ0) is 12.4. The van der Waals surface area contributed by atoms with E-state index in [4.69, 9.17) is 5.73 Å². The Bertz CT molecular complexity index is 322. The van der Waals surface area contributed by atoms with Crippen molar-refractivity contribution in [1.29, 1.82) is 0 Å². The Morgan fingerprint density at radius 1 is 1.29 bits per heavy atom. The first-order valence-electron chi connectivity index (χ1n) is 6.48. The molecule has 5 heteroatoms. The molecule has 0 aliphatic carbocycles. The smallest absolute Gasteiger partial charge is 0.145 e. The molecule has 2 rings (SSSR count). The van der Waals surface area contributed by atoms with Crippen LogP contribution in [0.25, 0.3) is 0 Å². The normalized spacial score (nSPS) is 26.1. The summed E-state index contributed by atoms with van der Waals surface area (Å²) >= 11 is 0. The van der Waals surface area contributed by atoms with Gasteiger partial charge in [-0.05, 0) is 19.8 Å². The third-order valence-electron chi connectivity index (χ3n) is 3.61. The first-order valence-corrected chi connectivity index (χ1v) is 6.48. The van der Waals surface area contributed by atoms with Gasteiger partial charge in [0.2, 0.25) is 0 Å². The molecule has 0 aromatic carbocycles. The molecule has 2 aliphatic rings. The average Bonchev–Trinajstić information content (AvgIpc) is 2.93. The number of rotatable bonds is 4. The molecular formula is C12H22N4O. The minimum absolute atomic E-state index is 0.282. The summed E-state index contributed by atoms with van der Waals surface area (Å²) in [4.78, 5) is 13.5. The van der Waals surface area contributed by atoms with Gasteiger partial charge >= 0.3 is 0 Å². The SMILES string of the molecule is CCN1C(N2CCCC2)=C(N)C(C=O)N1CC. The quantitative estimate of drug-likeness (QED) is 0.716. The van der Waals surface area contributed by atoms with Crippen molar-refractivity contribution in [2.24, 2.45) is 5.73 Å². The van der Waals surface area contributed by atoms with Crippen LogP contribution in [0.1, 0.15) is 26.7 Å². The van der Waals surface area contributed by atoms with Gasteiger partial charge in [-0.25, -0.2) is 5.01 Å². The zero-order valence-electron chi connectivity index (χ0n) is 10.7. The lowest BCUT2D eigenvalue weighted by molar-refractivity contribution is -0.115. The highest BCUT2D eigenvalue weighted by Crippen LogP contribution is 2.29. The summed E-state index contributed by atoms with van der Waals surface area (Å²) in [6.45, 7) is 7.91. The maximum Gasteiger partial charge on any atom is 0.145 e. The van der Waals surface area contributed by atoms with E-state index < -0.39 is 0 Å². The van der Waals surface area contributed by atoms with Gasteiger partial charge in [-0.3, -0.25) is 5.01 Å². The van der Waals surface area contributed by atoms with Crippen LogP contribution in [-0.2, 0) is 4.79 Å². The van der Waals surface area contributed by atoms with E-state index in [9.17, 15) is 4.79 Å². The Labute approximate surface area is 103 Å². The van der Waals surface area contributed by atoms with Gasteiger partial charge in [-0.1, -0.05) is 6.92 Å². The van der Waals surface area contributed by atoms with Gasteiger partial charge in [0.05, 0.1) is 5.70 Å². The molecule has 0 radical (unpaired) electrons. The summed E-state index contributed by atoms with van der Waals surface area (Å²) in [5.41, 5.74) is 6.88. The van der Waals surface area contributed by atoms with Crippen molar-refractivity contribution in [2.45, 2.75) is 32.7 Å². The highest BCUT2D eigenvalue weighted by atomic mass is 16.1. The number of likely N-dealkylation sites (tertiary alicyclic amines) is 1. The van der Waals surface area contributed by atoms with Crippen LogP contribution in [0.15, 0.2) is 11.5 Å². The molecule has 0 aromatic heterocycles. The van der Waals surface area contributed by atoms with Crippen LogP contribution in [0.4, 0.5) is 0 Å². The Morgan fingerprint density at radius 2 is 1.94 bits per heavy atom. The van der Waals surface area contributed by atoms with Crippen molar-refractivity contribution < 1.29 is 4.79 Å². The number of hydrogen-bond donors (Lipinski definition) is 1. The molecule has 1 saturated heterocycles. The van der Waals surface area contributed by atoms with Crippen molar-refractivity contribution in [3.8, 4) is 0 Å². The number of hydrazine groups is 1. The standard InChI is InChI=1S/C12H22N4O/c1-3-15-10(9-17)11(13)12(16(15)4-2)14-7-5-6-8-14/h9-10H,3-8,13H2,1-2H3. The number of aldehydes is 1. The lowest BCUT2D eigenvalue weighted by Gasteiger charge is -2.35. The fraction of sp³-hybridized carbons (Fsp3) is 0.750. The second-order valence-corrected chi connectivity index (χ2v) is 4.53. The van der Waals surface area contributed by atoms with E-state index in [2.05, 4.69) is 28.8 Å². The minimum Gasteiger partial charge on any atom is -0.397 e. The van der Waals surface area contributed by atoms with E-state index in [-0.39, 0.29) is 6.04 Å². The molecule has 96 valence electrons. The molecule has 0 amide bonds. The highest BCUT2D eigenvalue weighted by Gasteiger charge is 2.38. The molecule has 0 aromatic rings. The van der Waals surface area contributed by atoms with E-state index in [1.807, 2.05) is 0 Å². The number of nitrogens with two attached hydrogens (primary N) is 1. The Kier molecular flexibility index (Phi) is 3.57. The molecule has 1 unspecified atom stereocenters.